The van der Waals surface area contributed by atoms with E-state index in [9.17, 15) is 14.0 Å². The molecule has 1 aromatic heterocycles. The number of carbonyl (C=O) groups is 2. The van der Waals surface area contributed by atoms with Crippen LogP contribution in [0.3, 0.4) is 0 Å². The number of rotatable bonds is 6. The molecule has 1 aromatic carbocycles. The molecule has 1 aliphatic carbocycles. The van der Waals surface area contributed by atoms with E-state index >= 15 is 0 Å². The molecular weight excluding hydrogens is 508 g/mol. The first-order valence-electron chi connectivity index (χ1n) is 7.95. The van der Waals surface area contributed by atoms with Gasteiger partial charge in [0.15, 0.2) is 5.78 Å². The summed E-state index contributed by atoms with van der Waals surface area (Å²) < 4.78 is 20.7. The van der Waals surface area contributed by atoms with Gasteiger partial charge in [0.05, 0.1) is 28.8 Å². The summed E-state index contributed by atoms with van der Waals surface area (Å²) in [5, 5.41) is 3.26. The molecular formula is C17H18ClFIN3O3S. The average molecular weight is 526 g/mol. The van der Waals surface area contributed by atoms with Crippen LogP contribution in [0.25, 0.3) is 0 Å². The van der Waals surface area contributed by atoms with Gasteiger partial charge in [-0.25, -0.2) is 4.39 Å². The van der Waals surface area contributed by atoms with Crippen molar-refractivity contribution in [3.05, 3.63) is 43.6 Å². The summed E-state index contributed by atoms with van der Waals surface area (Å²) in [7, 11) is 0. The predicted octanol–water partition coefficient (Wildman–Crippen LogP) is 3.75. The highest BCUT2D eigenvalue weighted by atomic mass is 127. The number of hydrogen-bond acceptors (Lipinski definition) is 6. The molecule has 1 aliphatic rings. The fraction of sp³-hybridized carbons (Fsp3) is 0.294. The second kappa shape index (κ2) is 9.28. The maximum absolute atomic E-state index is 14.2. The quantitative estimate of drug-likeness (QED) is 0.498. The monoisotopic (exact) mass is 525 g/mol. The molecule has 0 bridgehead atoms. The number of nitrogens with one attached hydrogen (secondary N) is 1. The van der Waals surface area contributed by atoms with Crippen molar-refractivity contribution in [1.29, 1.82) is 0 Å². The van der Waals surface area contributed by atoms with E-state index in [1.54, 1.807) is 12.1 Å². The van der Waals surface area contributed by atoms with Crippen LogP contribution in [0.5, 0.6) is 0 Å². The summed E-state index contributed by atoms with van der Waals surface area (Å²) in [6, 6.07) is 4.69. The SMILES string of the molecule is Cl.NCCOC1CCC(=O)c2sc(Nc3ccc(I)cc3F)c(C(N)=O)c21. The van der Waals surface area contributed by atoms with Crippen LogP contribution in [-0.4, -0.2) is 24.8 Å². The summed E-state index contributed by atoms with van der Waals surface area (Å²) in [5.41, 5.74) is 11.9. The number of anilines is 2. The van der Waals surface area contributed by atoms with Gasteiger partial charge in [-0.3, -0.25) is 9.59 Å². The van der Waals surface area contributed by atoms with E-state index in [1.807, 2.05) is 22.6 Å². The molecule has 1 heterocycles. The minimum atomic E-state index is -0.688. The molecule has 0 saturated carbocycles. The van der Waals surface area contributed by atoms with Crippen molar-refractivity contribution in [2.45, 2.75) is 18.9 Å². The van der Waals surface area contributed by atoms with Gasteiger partial charge in [-0.15, -0.1) is 23.7 Å². The highest BCUT2D eigenvalue weighted by Gasteiger charge is 2.35. The van der Waals surface area contributed by atoms with Crippen molar-refractivity contribution in [3.8, 4) is 0 Å². The molecule has 0 radical (unpaired) electrons. The first kappa shape index (κ1) is 22.0. The van der Waals surface area contributed by atoms with Crippen molar-refractivity contribution < 1.29 is 18.7 Å². The van der Waals surface area contributed by atoms with Crippen LogP contribution in [0.1, 0.15) is 44.5 Å². The maximum Gasteiger partial charge on any atom is 0.252 e. The number of benzene rings is 1. The number of primary amides is 1. The number of thiophene rings is 1. The van der Waals surface area contributed by atoms with E-state index in [4.69, 9.17) is 16.2 Å². The number of carbonyl (C=O) groups excluding carboxylic acids is 2. The zero-order chi connectivity index (χ0) is 18.8. The van der Waals surface area contributed by atoms with Crippen molar-refractivity contribution >= 4 is 68.7 Å². The third-order valence-electron chi connectivity index (χ3n) is 4.02. The first-order chi connectivity index (χ1) is 12.4. The summed E-state index contributed by atoms with van der Waals surface area (Å²) in [6.07, 6.45) is 0.348. The maximum atomic E-state index is 14.2. The van der Waals surface area contributed by atoms with Crippen molar-refractivity contribution in [2.75, 3.05) is 18.5 Å². The summed E-state index contributed by atoms with van der Waals surface area (Å²) >= 11 is 3.11. The van der Waals surface area contributed by atoms with Crippen LogP contribution in [-0.2, 0) is 4.74 Å². The second-order valence-electron chi connectivity index (χ2n) is 5.77. The number of nitrogens with two attached hydrogens (primary N) is 2. The van der Waals surface area contributed by atoms with Gasteiger partial charge in [-0.1, -0.05) is 0 Å². The molecule has 3 rings (SSSR count). The largest absolute Gasteiger partial charge is 0.372 e. The smallest absolute Gasteiger partial charge is 0.252 e. The Kier molecular flexibility index (Phi) is 7.57. The van der Waals surface area contributed by atoms with Gasteiger partial charge in [0.1, 0.15) is 10.8 Å². The van der Waals surface area contributed by atoms with E-state index < -0.39 is 17.8 Å². The molecule has 6 nitrogen and oxygen atoms in total. The molecule has 0 aliphatic heterocycles. The highest BCUT2D eigenvalue weighted by molar-refractivity contribution is 14.1. The topological polar surface area (TPSA) is 107 Å². The van der Waals surface area contributed by atoms with Gasteiger partial charge in [-0.05, 0) is 47.2 Å². The van der Waals surface area contributed by atoms with Gasteiger partial charge >= 0.3 is 0 Å². The normalized spacial score (nSPS) is 15.8. The Bertz CT molecular complexity index is 877. The first-order valence-corrected chi connectivity index (χ1v) is 9.85. The Labute approximate surface area is 179 Å². The van der Waals surface area contributed by atoms with Crippen molar-refractivity contribution in [1.82, 2.24) is 0 Å². The lowest BCUT2D eigenvalue weighted by Crippen LogP contribution is -2.23. The number of ketones is 1. The van der Waals surface area contributed by atoms with Crippen LogP contribution < -0.4 is 16.8 Å². The van der Waals surface area contributed by atoms with E-state index in [1.165, 1.54) is 6.07 Å². The summed E-state index contributed by atoms with van der Waals surface area (Å²) in [6.45, 7) is 0.635. The molecule has 1 atom stereocenters. The van der Waals surface area contributed by atoms with E-state index in [2.05, 4.69) is 5.32 Å². The van der Waals surface area contributed by atoms with Gasteiger partial charge in [0.2, 0.25) is 0 Å². The number of hydrogen-bond donors (Lipinski definition) is 3. The van der Waals surface area contributed by atoms with Crippen LogP contribution in [0.4, 0.5) is 15.1 Å². The lowest BCUT2D eigenvalue weighted by Gasteiger charge is -2.23. The molecule has 1 amide bonds. The zero-order valence-corrected chi connectivity index (χ0v) is 17.9. The van der Waals surface area contributed by atoms with Crippen molar-refractivity contribution in [2.24, 2.45) is 11.5 Å². The molecule has 27 heavy (non-hydrogen) atoms. The lowest BCUT2D eigenvalue weighted by atomic mass is 9.91. The molecule has 2 aromatic rings. The average Bonchev–Trinajstić information content (AvgIpc) is 2.97. The zero-order valence-electron chi connectivity index (χ0n) is 14.1. The lowest BCUT2D eigenvalue weighted by molar-refractivity contribution is 0.0437. The Morgan fingerprint density at radius 2 is 2.19 bits per heavy atom. The van der Waals surface area contributed by atoms with E-state index in [-0.39, 0.29) is 29.4 Å². The van der Waals surface area contributed by atoms with Gasteiger partial charge in [0, 0.05) is 22.1 Å². The number of fused-ring (bicyclic) bond motifs is 1. The molecule has 10 heteroatoms. The molecule has 0 spiro atoms. The summed E-state index contributed by atoms with van der Waals surface area (Å²) in [5.74, 6) is -1.22. The Balaban J connectivity index is 0.00000261. The van der Waals surface area contributed by atoms with Crippen LogP contribution in [0.2, 0.25) is 0 Å². The van der Waals surface area contributed by atoms with Crippen LogP contribution in [0, 0.1) is 9.39 Å². The highest BCUT2D eigenvalue weighted by Crippen LogP contribution is 2.44. The summed E-state index contributed by atoms with van der Waals surface area (Å²) in [4.78, 5) is 24.9. The number of ether oxygens (including phenoxy) is 1. The third kappa shape index (κ3) is 4.60. The predicted molar refractivity (Wildman–Crippen MR) is 114 cm³/mol. The minimum Gasteiger partial charge on any atom is -0.372 e. The Hall–Kier alpha value is -1.27. The van der Waals surface area contributed by atoms with E-state index in [0.29, 0.717) is 41.4 Å². The Morgan fingerprint density at radius 3 is 2.81 bits per heavy atom. The van der Waals surface area contributed by atoms with Gasteiger partial charge in [-0.2, -0.15) is 0 Å². The fourth-order valence-electron chi connectivity index (χ4n) is 2.90. The molecule has 0 saturated heterocycles. The molecule has 146 valence electrons. The van der Waals surface area contributed by atoms with Crippen molar-refractivity contribution in [3.63, 3.8) is 0 Å². The van der Waals surface area contributed by atoms with Crippen LogP contribution >= 0.6 is 46.3 Å². The second-order valence-corrected chi connectivity index (χ2v) is 8.04. The number of amides is 1. The molecule has 1 unspecified atom stereocenters. The minimum absolute atomic E-state index is 0. The van der Waals surface area contributed by atoms with E-state index in [0.717, 1.165) is 14.9 Å². The third-order valence-corrected chi connectivity index (χ3v) is 5.85. The Morgan fingerprint density at radius 1 is 1.44 bits per heavy atom. The van der Waals surface area contributed by atoms with Gasteiger partial charge < -0.3 is 21.5 Å². The van der Waals surface area contributed by atoms with Gasteiger partial charge in [0.25, 0.3) is 5.91 Å². The van der Waals surface area contributed by atoms with Crippen LogP contribution in [0.15, 0.2) is 18.2 Å². The number of halogens is 3. The molecule has 0 fully saturated rings. The molecule has 5 N–H and O–H groups in total. The number of Topliss-reactive ketones (excluding diaryl/α,β-unsaturated/α-hetero) is 1. The standard InChI is InChI=1S/C17H17FIN3O3S.ClH/c18-9-7-8(19)1-2-10(9)22-17-14(16(21)24)13-12(25-6-5-20)4-3-11(23)15(13)26-17;/h1-2,7,12,22H,3-6,20H2,(H2,21,24);1H. The fourth-order valence-corrected chi connectivity index (χ4v) is 4.59.